The van der Waals surface area contributed by atoms with Gasteiger partial charge in [0.2, 0.25) is 0 Å². The van der Waals surface area contributed by atoms with Crippen LogP contribution in [0.3, 0.4) is 0 Å². The molecule has 0 aliphatic carbocycles. The maximum atomic E-state index is 12.7. The Morgan fingerprint density at radius 2 is 2.06 bits per heavy atom. The van der Waals surface area contributed by atoms with Crippen LogP contribution in [0.4, 0.5) is 28.9 Å². The molecule has 0 heterocycles. The van der Waals surface area contributed by atoms with Crippen LogP contribution in [-0.4, -0.2) is 26.0 Å². The van der Waals surface area contributed by atoms with Crippen LogP contribution in [0.25, 0.3) is 0 Å². The van der Waals surface area contributed by atoms with Crippen LogP contribution in [0.1, 0.15) is 0 Å². The molecule has 3 N–H and O–H groups in total. The number of hydrogen-bond acceptors (Lipinski definition) is 3. The molecule has 0 bridgehead atoms. The van der Waals surface area contributed by atoms with Gasteiger partial charge in [0.15, 0.2) is 0 Å². The van der Waals surface area contributed by atoms with E-state index in [1.54, 1.807) is 0 Å². The molecular formula is C10H12F4N2O. The minimum Gasteiger partial charge on any atom is -0.497 e. The summed E-state index contributed by atoms with van der Waals surface area (Å²) in [6.07, 6.45) is -3.72. The van der Waals surface area contributed by atoms with Gasteiger partial charge in [-0.2, -0.15) is 8.78 Å². The number of nitrogens with one attached hydrogen (secondary N) is 1. The van der Waals surface area contributed by atoms with Crippen LogP contribution < -0.4 is 15.8 Å². The summed E-state index contributed by atoms with van der Waals surface area (Å²) < 4.78 is 54.0. The second-order valence-electron chi connectivity index (χ2n) is 3.37. The highest BCUT2D eigenvalue weighted by atomic mass is 19.3. The zero-order chi connectivity index (χ0) is 13.1. The molecule has 0 aliphatic rings. The van der Waals surface area contributed by atoms with E-state index in [-0.39, 0.29) is 11.4 Å². The van der Waals surface area contributed by atoms with Gasteiger partial charge < -0.3 is 15.8 Å². The van der Waals surface area contributed by atoms with Gasteiger partial charge in [-0.05, 0) is 12.1 Å². The van der Waals surface area contributed by atoms with Crippen molar-refractivity contribution in [1.29, 1.82) is 0 Å². The predicted molar refractivity (Wildman–Crippen MR) is 56.8 cm³/mol. The van der Waals surface area contributed by atoms with E-state index in [4.69, 9.17) is 10.5 Å². The van der Waals surface area contributed by atoms with E-state index in [0.29, 0.717) is 5.75 Å². The number of nitrogen functional groups attached to an aromatic ring is 1. The Kier molecular flexibility index (Phi) is 4.03. The van der Waals surface area contributed by atoms with Crippen molar-refractivity contribution < 1.29 is 22.3 Å². The first-order valence-corrected chi connectivity index (χ1v) is 4.70. The summed E-state index contributed by atoms with van der Waals surface area (Å²) in [4.78, 5) is 0. The SMILES string of the molecule is COc1ccc(N)c(NCC(F)(F)C(F)F)c1. The number of rotatable bonds is 5. The number of halogens is 4. The average Bonchev–Trinajstić information content (AvgIpc) is 2.28. The zero-order valence-electron chi connectivity index (χ0n) is 9.01. The first-order valence-electron chi connectivity index (χ1n) is 4.70. The molecule has 0 aromatic heterocycles. The second-order valence-corrected chi connectivity index (χ2v) is 3.37. The highest BCUT2D eigenvalue weighted by molar-refractivity contribution is 5.68. The van der Waals surface area contributed by atoms with Gasteiger partial charge in [0.25, 0.3) is 0 Å². The minimum atomic E-state index is -4.10. The summed E-state index contributed by atoms with van der Waals surface area (Å²) in [5.74, 6) is -3.71. The fourth-order valence-electron chi connectivity index (χ4n) is 1.11. The quantitative estimate of drug-likeness (QED) is 0.625. The first kappa shape index (κ1) is 13.4. The molecule has 7 heteroatoms. The summed E-state index contributed by atoms with van der Waals surface area (Å²) >= 11 is 0. The highest BCUT2D eigenvalue weighted by Crippen LogP contribution is 2.27. The molecule has 1 aromatic rings. The Hall–Kier alpha value is -1.66. The van der Waals surface area contributed by atoms with Crippen LogP contribution in [0.15, 0.2) is 18.2 Å². The molecule has 96 valence electrons. The fourth-order valence-corrected chi connectivity index (χ4v) is 1.11. The van der Waals surface area contributed by atoms with E-state index >= 15 is 0 Å². The van der Waals surface area contributed by atoms with E-state index in [0.717, 1.165) is 0 Å². The van der Waals surface area contributed by atoms with Crippen LogP contribution >= 0.6 is 0 Å². The predicted octanol–water partition coefficient (Wildman–Crippen LogP) is 2.59. The summed E-state index contributed by atoms with van der Waals surface area (Å²) in [5.41, 5.74) is 5.81. The topological polar surface area (TPSA) is 47.3 Å². The highest BCUT2D eigenvalue weighted by Gasteiger charge is 2.40. The smallest absolute Gasteiger partial charge is 0.324 e. The summed E-state index contributed by atoms with van der Waals surface area (Å²) in [7, 11) is 1.39. The third-order valence-electron chi connectivity index (χ3n) is 2.09. The molecule has 3 nitrogen and oxygen atoms in total. The standard InChI is InChI=1S/C10H12F4N2O/c1-17-6-2-3-7(15)8(4-6)16-5-10(13,14)9(11)12/h2-4,9,16H,5,15H2,1H3. The molecule has 1 aromatic carbocycles. The van der Waals surface area contributed by atoms with Gasteiger partial charge in [-0.15, -0.1) is 0 Å². The zero-order valence-corrected chi connectivity index (χ0v) is 9.01. The lowest BCUT2D eigenvalue weighted by atomic mass is 10.2. The lowest BCUT2D eigenvalue weighted by Crippen LogP contribution is -2.34. The third-order valence-corrected chi connectivity index (χ3v) is 2.09. The van der Waals surface area contributed by atoms with E-state index in [1.807, 2.05) is 0 Å². The third kappa shape index (κ3) is 3.40. The summed E-state index contributed by atoms with van der Waals surface area (Å²) in [5, 5.41) is 2.17. The molecule has 0 aliphatic heterocycles. The molecule has 0 saturated carbocycles. The molecule has 1 rings (SSSR count). The summed E-state index contributed by atoms with van der Waals surface area (Å²) in [6.45, 7) is -1.19. The number of hydrogen-bond donors (Lipinski definition) is 2. The number of ether oxygens (including phenoxy) is 1. The van der Waals surface area contributed by atoms with Crippen LogP contribution in [0.2, 0.25) is 0 Å². The van der Waals surface area contributed by atoms with E-state index < -0.39 is 18.9 Å². The van der Waals surface area contributed by atoms with Crippen molar-refractivity contribution in [2.75, 3.05) is 24.7 Å². The number of alkyl halides is 4. The monoisotopic (exact) mass is 252 g/mol. The molecular weight excluding hydrogens is 240 g/mol. The average molecular weight is 252 g/mol. The van der Waals surface area contributed by atoms with Gasteiger partial charge in [-0.1, -0.05) is 0 Å². The Bertz CT molecular complexity index is 385. The Morgan fingerprint density at radius 1 is 1.41 bits per heavy atom. The van der Waals surface area contributed by atoms with E-state index in [2.05, 4.69) is 5.32 Å². The Labute approximate surface area is 95.6 Å². The van der Waals surface area contributed by atoms with Crippen LogP contribution in [0.5, 0.6) is 5.75 Å². The molecule has 17 heavy (non-hydrogen) atoms. The van der Waals surface area contributed by atoms with Crippen molar-refractivity contribution >= 4 is 11.4 Å². The van der Waals surface area contributed by atoms with Gasteiger partial charge in [-0.3, -0.25) is 0 Å². The van der Waals surface area contributed by atoms with Gasteiger partial charge in [0, 0.05) is 6.07 Å². The van der Waals surface area contributed by atoms with Crippen molar-refractivity contribution in [3.63, 3.8) is 0 Å². The lowest BCUT2D eigenvalue weighted by molar-refractivity contribution is -0.117. The lowest BCUT2D eigenvalue weighted by Gasteiger charge is -2.17. The van der Waals surface area contributed by atoms with Gasteiger partial charge in [0.05, 0.1) is 25.0 Å². The number of nitrogens with two attached hydrogens (primary N) is 1. The normalized spacial score (nSPS) is 11.6. The van der Waals surface area contributed by atoms with Crippen molar-refractivity contribution in [1.82, 2.24) is 0 Å². The first-order chi connectivity index (χ1) is 7.86. The molecule has 0 spiro atoms. The Balaban J connectivity index is 2.75. The second kappa shape index (κ2) is 5.11. The van der Waals surface area contributed by atoms with Crippen LogP contribution in [0, 0.1) is 0 Å². The van der Waals surface area contributed by atoms with Gasteiger partial charge in [0.1, 0.15) is 5.75 Å². The molecule has 0 amide bonds. The Morgan fingerprint density at radius 3 is 2.59 bits per heavy atom. The van der Waals surface area contributed by atoms with Gasteiger partial charge in [-0.25, -0.2) is 8.78 Å². The van der Waals surface area contributed by atoms with E-state index in [1.165, 1.54) is 25.3 Å². The molecule has 0 saturated heterocycles. The van der Waals surface area contributed by atoms with E-state index in [9.17, 15) is 17.6 Å². The van der Waals surface area contributed by atoms with Crippen molar-refractivity contribution in [2.45, 2.75) is 12.3 Å². The maximum absolute atomic E-state index is 12.7. The maximum Gasteiger partial charge on any atom is 0.324 e. The molecule has 0 fully saturated rings. The molecule has 0 unspecified atom stereocenters. The number of anilines is 2. The van der Waals surface area contributed by atoms with Crippen LogP contribution in [-0.2, 0) is 0 Å². The minimum absolute atomic E-state index is 0.129. The largest absolute Gasteiger partial charge is 0.497 e. The van der Waals surface area contributed by atoms with Crippen molar-refractivity contribution in [3.8, 4) is 5.75 Å². The summed E-state index contributed by atoms with van der Waals surface area (Å²) in [6, 6.07) is 4.32. The number of benzene rings is 1. The number of methoxy groups -OCH3 is 1. The van der Waals surface area contributed by atoms with Gasteiger partial charge >= 0.3 is 12.3 Å². The van der Waals surface area contributed by atoms with Crippen molar-refractivity contribution in [3.05, 3.63) is 18.2 Å². The molecule has 0 radical (unpaired) electrons. The van der Waals surface area contributed by atoms with Crippen molar-refractivity contribution in [2.24, 2.45) is 0 Å². The molecule has 0 atom stereocenters. The fraction of sp³-hybridized carbons (Fsp3) is 0.400.